The molecule has 0 bridgehead atoms. The van der Waals surface area contributed by atoms with Crippen LogP contribution in [0.15, 0.2) is 66.7 Å². The quantitative estimate of drug-likeness (QED) is 0.121. The van der Waals surface area contributed by atoms with Crippen LogP contribution in [0.25, 0.3) is 6.08 Å². The first-order valence-corrected chi connectivity index (χ1v) is 13.1. The van der Waals surface area contributed by atoms with Crippen LogP contribution < -0.4 is 4.74 Å². The summed E-state index contributed by atoms with van der Waals surface area (Å²) in [6.07, 6.45) is -7.21. The monoisotopic (exact) mass is 582 g/mol. The molecule has 1 saturated heterocycles. The van der Waals surface area contributed by atoms with E-state index >= 15 is 0 Å². The van der Waals surface area contributed by atoms with E-state index in [4.69, 9.17) is 18.9 Å². The highest BCUT2D eigenvalue weighted by atomic mass is 16.7. The number of phenolic OH excluding ortho intramolecular Hbond substituents is 4. The van der Waals surface area contributed by atoms with Gasteiger partial charge in [-0.05, 0) is 29.3 Å². The first-order valence-electron chi connectivity index (χ1n) is 13.1. The van der Waals surface area contributed by atoms with Crippen LogP contribution in [-0.2, 0) is 25.4 Å². The first kappa shape index (κ1) is 29.2. The average Bonchev–Trinajstić information content (AvgIpc) is 2.97. The molecule has 7 atom stereocenters. The lowest BCUT2D eigenvalue weighted by Gasteiger charge is -2.43. The van der Waals surface area contributed by atoms with Crippen molar-refractivity contribution in [3.05, 3.63) is 83.4 Å². The zero-order chi connectivity index (χ0) is 30.0. The highest BCUT2D eigenvalue weighted by Gasteiger charge is 2.47. The van der Waals surface area contributed by atoms with Gasteiger partial charge in [0, 0.05) is 30.2 Å². The van der Waals surface area contributed by atoms with Crippen molar-refractivity contribution in [2.45, 2.75) is 49.3 Å². The number of aromatic hydroxyl groups is 4. The third-order valence-electron chi connectivity index (χ3n) is 7.07. The van der Waals surface area contributed by atoms with Gasteiger partial charge < -0.3 is 54.7 Å². The highest BCUT2D eigenvalue weighted by Crippen LogP contribution is 2.44. The van der Waals surface area contributed by atoms with E-state index < -0.39 is 61.2 Å². The summed E-state index contributed by atoms with van der Waals surface area (Å²) in [5, 5.41) is 71.9. The molecule has 0 spiro atoms. The normalized spacial score (nSPS) is 27.3. The van der Waals surface area contributed by atoms with Gasteiger partial charge in [-0.2, -0.15) is 0 Å². The zero-order valence-electron chi connectivity index (χ0n) is 22.1. The van der Waals surface area contributed by atoms with Crippen molar-refractivity contribution in [1.82, 2.24) is 0 Å². The van der Waals surface area contributed by atoms with Crippen LogP contribution in [0.2, 0.25) is 0 Å². The molecule has 3 aromatic carbocycles. The predicted octanol–water partition coefficient (Wildman–Crippen LogP) is 1.63. The van der Waals surface area contributed by atoms with Crippen LogP contribution in [-0.4, -0.2) is 85.1 Å². The van der Waals surface area contributed by atoms with E-state index in [1.165, 1.54) is 30.3 Å². The number of carbonyl (C=O) groups excluding carboxylic acids is 1. The Morgan fingerprint density at radius 3 is 2.38 bits per heavy atom. The molecule has 1 fully saturated rings. The number of ether oxygens (including phenoxy) is 4. The zero-order valence-corrected chi connectivity index (χ0v) is 22.1. The van der Waals surface area contributed by atoms with E-state index in [1.807, 2.05) is 6.07 Å². The fourth-order valence-electron chi connectivity index (χ4n) is 4.85. The number of aliphatic hydroxyl groups excluding tert-OH is 3. The first-order chi connectivity index (χ1) is 20.1. The second-order valence-corrected chi connectivity index (χ2v) is 10.00. The van der Waals surface area contributed by atoms with Crippen LogP contribution in [0.4, 0.5) is 0 Å². The minimum atomic E-state index is -1.73. The van der Waals surface area contributed by atoms with Gasteiger partial charge in [0.05, 0.1) is 0 Å². The minimum absolute atomic E-state index is 0.0249. The molecule has 0 aliphatic carbocycles. The molecule has 222 valence electrons. The lowest BCUT2D eigenvalue weighted by atomic mass is 9.93. The van der Waals surface area contributed by atoms with Crippen molar-refractivity contribution in [1.29, 1.82) is 0 Å². The van der Waals surface area contributed by atoms with E-state index in [1.54, 1.807) is 30.3 Å². The molecule has 12 nitrogen and oxygen atoms in total. The Balaban J connectivity index is 1.34. The van der Waals surface area contributed by atoms with Gasteiger partial charge in [-0.15, -0.1) is 0 Å². The van der Waals surface area contributed by atoms with E-state index in [9.17, 15) is 40.5 Å². The third-order valence-corrected chi connectivity index (χ3v) is 7.07. The maximum Gasteiger partial charge on any atom is 0.330 e. The van der Waals surface area contributed by atoms with E-state index in [0.717, 1.165) is 11.6 Å². The number of carbonyl (C=O) groups is 1. The van der Waals surface area contributed by atoms with Gasteiger partial charge in [-0.25, -0.2) is 4.79 Å². The Labute approximate surface area is 239 Å². The summed E-state index contributed by atoms with van der Waals surface area (Å²) in [4.78, 5) is 12.2. The van der Waals surface area contributed by atoms with Crippen LogP contribution in [0.5, 0.6) is 28.7 Å². The number of phenols is 4. The molecular weight excluding hydrogens is 552 g/mol. The number of esters is 1. The smallest absolute Gasteiger partial charge is 0.330 e. The molecule has 42 heavy (non-hydrogen) atoms. The van der Waals surface area contributed by atoms with Crippen molar-refractivity contribution in [3.8, 4) is 28.7 Å². The van der Waals surface area contributed by atoms with Gasteiger partial charge in [0.15, 0.2) is 23.9 Å². The second-order valence-electron chi connectivity index (χ2n) is 10.00. The van der Waals surface area contributed by atoms with Gasteiger partial charge >= 0.3 is 5.97 Å². The second kappa shape index (κ2) is 12.3. The van der Waals surface area contributed by atoms with Crippen LogP contribution in [0, 0.1) is 0 Å². The van der Waals surface area contributed by atoms with Crippen LogP contribution >= 0.6 is 0 Å². The summed E-state index contributed by atoms with van der Waals surface area (Å²) >= 11 is 0. The van der Waals surface area contributed by atoms with E-state index in [2.05, 4.69) is 0 Å². The molecule has 2 aliphatic heterocycles. The van der Waals surface area contributed by atoms with Crippen LogP contribution in [0.1, 0.15) is 22.8 Å². The van der Waals surface area contributed by atoms with Crippen LogP contribution in [0.3, 0.4) is 0 Å². The standard InChI is InChI=1S/C30H30O12/c31-17-11-20(33)18-13-23(29(40-22(18)12-17)16-7-8-19(32)21(34)10-16)41-30-28(38)27(37)26(36)24(42-30)14-39-25(35)9-6-15-4-2-1-3-5-15/h1-12,23-24,26-34,36-38H,13-14H2/b9-6+/t23-,24+,26+,27-,28+,29+,30+/m1/s1. The number of hydrogen-bond acceptors (Lipinski definition) is 12. The summed E-state index contributed by atoms with van der Waals surface area (Å²) in [5.41, 5.74) is 1.38. The third kappa shape index (κ3) is 6.27. The van der Waals surface area contributed by atoms with E-state index in [0.29, 0.717) is 5.56 Å². The maximum atomic E-state index is 12.2. The molecule has 0 unspecified atom stereocenters. The van der Waals surface area contributed by atoms with Gasteiger partial charge in [0.2, 0.25) is 0 Å². The molecule has 12 heteroatoms. The summed E-state index contributed by atoms with van der Waals surface area (Å²) in [6, 6.07) is 15.4. The molecule has 0 amide bonds. The fraction of sp³-hybridized carbons (Fsp3) is 0.300. The molecule has 0 aromatic heterocycles. The number of benzene rings is 3. The fourth-order valence-corrected chi connectivity index (χ4v) is 4.85. The van der Waals surface area contributed by atoms with Crippen molar-refractivity contribution in [2.75, 3.05) is 6.61 Å². The summed E-state index contributed by atoms with van der Waals surface area (Å²) in [5.74, 6) is -1.93. The van der Waals surface area contributed by atoms with Crippen molar-refractivity contribution >= 4 is 12.0 Å². The number of aliphatic hydroxyl groups is 3. The molecule has 2 heterocycles. The molecule has 0 radical (unpaired) electrons. The average molecular weight is 583 g/mol. The number of fused-ring (bicyclic) bond motifs is 1. The molecule has 7 N–H and O–H groups in total. The molecule has 5 rings (SSSR count). The van der Waals surface area contributed by atoms with Crippen molar-refractivity contribution < 1.29 is 59.5 Å². The Hall–Kier alpha value is -4.33. The number of hydrogen-bond donors (Lipinski definition) is 7. The number of rotatable bonds is 7. The SMILES string of the molecule is O=C(/C=C/c1ccccc1)OC[C@@H]1O[C@H](O[C@@H]2Cc3c(O)cc(O)cc3O[C@H]2c2ccc(O)c(O)c2)[C@@H](O)[C@H](O)[C@H]1O. The van der Waals surface area contributed by atoms with Gasteiger partial charge in [-0.3, -0.25) is 0 Å². The Morgan fingerprint density at radius 2 is 1.64 bits per heavy atom. The predicted molar refractivity (Wildman–Crippen MR) is 145 cm³/mol. The summed E-state index contributed by atoms with van der Waals surface area (Å²) in [6.45, 7) is -0.470. The summed E-state index contributed by atoms with van der Waals surface area (Å²) < 4.78 is 23.0. The molecule has 2 aliphatic rings. The van der Waals surface area contributed by atoms with E-state index in [-0.39, 0.29) is 35.0 Å². The lowest BCUT2D eigenvalue weighted by molar-refractivity contribution is -0.317. The Morgan fingerprint density at radius 1 is 0.881 bits per heavy atom. The Bertz CT molecular complexity index is 1440. The molecular formula is C30H30O12. The summed E-state index contributed by atoms with van der Waals surface area (Å²) in [7, 11) is 0. The largest absolute Gasteiger partial charge is 0.508 e. The lowest BCUT2D eigenvalue weighted by Crippen LogP contribution is -2.60. The molecule has 0 saturated carbocycles. The maximum absolute atomic E-state index is 12.2. The van der Waals surface area contributed by atoms with Gasteiger partial charge in [-0.1, -0.05) is 36.4 Å². The Kier molecular flexibility index (Phi) is 8.52. The van der Waals surface area contributed by atoms with Gasteiger partial charge in [0.1, 0.15) is 54.4 Å². The van der Waals surface area contributed by atoms with Gasteiger partial charge in [0.25, 0.3) is 0 Å². The molecule has 3 aromatic rings. The topological polar surface area (TPSA) is 196 Å². The van der Waals surface area contributed by atoms with Crippen molar-refractivity contribution in [2.24, 2.45) is 0 Å². The van der Waals surface area contributed by atoms with Crippen molar-refractivity contribution in [3.63, 3.8) is 0 Å². The highest BCUT2D eigenvalue weighted by molar-refractivity contribution is 5.87. The minimum Gasteiger partial charge on any atom is -0.508 e.